The molecule has 5 heteroatoms. The first kappa shape index (κ1) is 10.8. The van der Waals surface area contributed by atoms with Gasteiger partial charge in [0.2, 0.25) is 0 Å². The summed E-state index contributed by atoms with van der Waals surface area (Å²) in [6, 6.07) is 8.04. The van der Waals surface area contributed by atoms with Crippen LogP contribution in [0.3, 0.4) is 0 Å². The molecule has 0 aliphatic rings. The first-order valence-corrected chi connectivity index (χ1v) is 6.00. The molecule has 4 nitrogen and oxygen atoms in total. The summed E-state index contributed by atoms with van der Waals surface area (Å²) in [5, 5.41) is 9.35. The van der Waals surface area contributed by atoms with Gasteiger partial charge in [0.05, 0.1) is 6.21 Å². The summed E-state index contributed by atoms with van der Waals surface area (Å²) in [5.41, 5.74) is 7.61. The van der Waals surface area contributed by atoms with E-state index in [4.69, 9.17) is 5.73 Å². The number of nitrogens with one attached hydrogen (secondary N) is 1. The lowest BCUT2D eigenvalue weighted by Gasteiger charge is -1.90. The Morgan fingerprint density at radius 3 is 3.06 bits per heavy atom. The van der Waals surface area contributed by atoms with Gasteiger partial charge in [-0.2, -0.15) is 5.10 Å². The molecule has 1 heterocycles. The molecule has 16 heavy (non-hydrogen) atoms. The van der Waals surface area contributed by atoms with E-state index in [1.165, 1.54) is 11.8 Å². The summed E-state index contributed by atoms with van der Waals surface area (Å²) in [4.78, 5) is 3.16. The molecule has 0 aliphatic heterocycles. The van der Waals surface area contributed by atoms with Crippen molar-refractivity contribution in [3.63, 3.8) is 0 Å². The van der Waals surface area contributed by atoms with Gasteiger partial charge in [0.15, 0.2) is 5.17 Å². The number of hydrogen-bond acceptors (Lipinski definition) is 3. The van der Waals surface area contributed by atoms with Gasteiger partial charge in [-0.15, -0.1) is 5.10 Å². The maximum absolute atomic E-state index is 5.52. The first-order chi connectivity index (χ1) is 7.81. The van der Waals surface area contributed by atoms with Crippen LogP contribution in [0.2, 0.25) is 0 Å². The van der Waals surface area contributed by atoms with Gasteiger partial charge in [-0.05, 0) is 12.3 Å². The lowest BCUT2D eigenvalue weighted by atomic mass is 10.2. The summed E-state index contributed by atoms with van der Waals surface area (Å²) in [6.07, 6.45) is 5.46. The van der Waals surface area contributed by atoms with Crippen molar-refractivity contribution < 1.29 is 0 Å². The van der Waals surface area contributed by atoms with Crippen molar-refractivity contribution in [1.82, 2.24) is 4.98 Å². The monoisotopic (exact) mass is 232 g/mol. The van der Waals surface area contributed by atoms with Crippen molar-refractivity contribution in [2.24, 2.45) is 15.9 Å². The van der Waals surface area contributed by atoms with E-state index in [-0.39, 0.29) is 0 Å². The molecular weight excluding hydrogens is 220 g/mol. The number of para-hydroxylation sites is 1. The molecule has 0 spiro atoms. The minimum Gasteiger partial charge on any atom is -0.377 e. The first-order valence-electron chi connectivity index (χ1n) is 4.78. The maximum Gasteiger partial charge on any atom is 0.180 e. The number of hydrogen-bond donors (Lipinski definition) is 2. The molecule has 0 aliphatic carbocycles. The van der Waals surface area contributed by atoms with Crippen LogP contribution in [0.5, 0.6) is 0 Å². The molecule has 0 atom stereocenters. The zero-order chi connectivity index (χ0) is 11.4. The number of fused-ring (bicyclic) bond motifs is 1. The lowest BCUT2D eigenvalue weighted by molar-refractivity contribution is 1.25. The Hall–Kier alpha value is -1.75. The second-order valence-electron chi connectivity index (χ2n) is 3.18. The molecule has 1 aromatic carbocycles. The maximum atomic E-state index is 5.52. The van der Waals surface area contributed by atoms with Gasteiger partial charge in [-0.1, -0.05) is 30.0 Å². The summed E-state index contributed by atoms with van der Waals surface area (Å²) < 4.78 is 0. The molecule has 0 saturated heterocycles. The molecule has 0 radical (unpaired) electrons. The van der Waals surface area contributed by atoms with Crippen LogP contribution in [0, 0.1) is 0 Å². The molecule has 1 aromatic heterocycles. The summed E-state index contributed by atoms with van der Waals surface area (Å²) in [7, 11) is 0. The highest BCUT2D eigenvalue weighted by molar-refractivity contribution is 8.13. The van der Waals surface area contributed by atoms with Gasteiger partial charge in [-0.3, -0.25) is 0 Å². The van der Waals surface area contributed by atoms with Crippen LogP contribution in [0.1, 0.15) is 5.56 Å². The minimum absolute atomic E-state index is 0.455. The predicted molar refractivity (Wildman–Crippen MR) is 71.0 cm³/mol. The van der Waals surface area contributed by atoms with Gasteiger partial charge >= 0.3 is 0 Å². The molecule has 82 valence electrons. The van der Waals surface area contributed by atoms with Crippen molar-refractivity contribution in [2.45, 2.75) is 0 Å². The van der Waals surface area contributed by atoms with Crippen molar-refractivity contribution in [2.75, 3.05) is 6.26 Å². The molecule has 0 bridgehead atoms. The zero-order valence-corrected chi connectivity index (χ0v) is 9.66. The molecule has 0 amide bonds. The molecule has 2 aromatic rings. The third-order valence-corrected chi connectivity index (χ3v) is 2.68. The SMILES string of the molecule is CS/C(N)=N/N=C\c1c[nH]c2ccccc12. The van der Waals surface area contributed by atoms with Crippen LogP contribution in [-0.2, 0) is 0 Å². The van der Waals surface area contributed by atoms with Crippen LogP contribution in [0.25, 0.3) is 10.9 Å². The number of nitrogens with zero attached hydrogens (tertiary/aromatic N) is 2. The lowest BCUT2D eigenvalue weighted by Crippen LogP contribution is -2.03. The molecule has 0 unspecified atom stereocenters. The van der Waals surface area contributed by atoms with E-state index >= 15 is 0 Å². The zero-order valence-electron chi connectivity index (χ0n) is 8.84. The Labute approximate surface area is 97.6 Å². The summed E-state index contributed by atoms with van der Waals surface area (Å²) in [6.45, 7) is 0. The average molecular weight is 232 g/mol. The number of aromatic nitrogens is 1. The van der Waals surface area contributed by atoms with E-state index in [1.54, 1.807) is 6.21 Å². The van der Waals surface area contributed by atoms with E-state index in [9.17, 15) is 0 Å². The van der Waals surface area contributed by atoms with Crippen molar-refractivity contribution in [3.05, 3.63) is 36.0 Å². The molecule has 0 fully saturated rings. The molecule has 0 saturated carbocycles. The Bertz CT molecular complexity index is 542. The highest BCUT2D eigenvalue weighted by atomic mass is 32.2. The van der Waals surface area contributed by atoms with E-state index in [0.717, 1.165) is 16.5 Å². The van der Waals surface area contributed by atoms with Crippen molar-refractivity contribution in [3.8, 4) is 0 Å². The second-order valence-corrected chi connectivity index (χ2v) is 4.00. The minimum atomic E-state index is 0.455. The molecule has 3 N–H and O–H groups in total. The van der Waals surface area contributed by atoms with Gasteiger partial charge in [0.25, 0.3) is 0 Å². The number of benzene rings is 1. The van der Waals surface area contributed by atoms with Gasteiger partial charge in [-0.25, -0.2) is 0 Å². The van der Waals surface area contributed by atoms with Gasteiger partial charge in [0.1, 0.15) is 0 Å². The number of H-pyrrole nitrogens is 1. The highest BCUT2D eigenvalue weighted by Crippen LogP contribution is 2.15. The molecule has 2 rings (SSSR count). The van der Waals surface area contributed by atoms with E-state index in [1.807, 2.05) is 36.7 Å². The second kappa shape index (κ2) is 4.85. The quantitative estimate of drug-likeness (QED) is 0.473. The number of aromatic amines is 1. The predicted octanol–water partition coefficient (Wildman–Crippen LogP) is 2.18. The third-order valence-electron chi connectivity index (χ3n) is 2.18. The van der Waals surface area contributed by atoms with Crippen molar-refractivity contribution >= 4 is 34.0 Å². The van der Waals surface area contributed by atoms with Crippen LogP contribution < -0.4 is 5.73 Å². The number of amidine groups is 1. The van der Waals surface area contributed by atoms with E-state index in [2.05, 4.69) is 15.2 Å². The number of nitrogens with two attached hydrogens (primary N) is 1. The van der Waals surface area contributed by atoms with Crippen LogP contribution in [0.15, 0.2) is 40.7 Å². The Kier molecular flexibility index (Phi) is 3.26. The van der Waals surface area contributed by atoms with Gasteiger partial charge in [0, 0.05) is 22.7 Å². The normalized spacial score (nSPS) is 12.7. The fraction of sp³-hybridized carbons (Fsp3) is 0.0909. The van der Waals surface area contributed by atoms with Crippen molar-refractivity contribution in [1.29, 1.82) is 0 Å². The number of thioether (sulfide) groups is 1. The van der Waals surface area contributed by atoms with E-state index < -0.39 is 0 Å². The Morgan fingerprint density at radius 1 is 1.44 bits per heavy atom. The summed E-state index contributed by atoms with van der Waals surface area (Å²) >= 11 is 1.37. The fourth-order valence-corrected chi connectivity index (χ4v) is 1.52. The highest BCUT2D eigenvalue weighted by Gasteiger charge is 1.98. The van der Waals surface area contributed by atoms with E-state index in [0.29, 0.717) is 5.17 Å². The third kappa shape index (κ3) is 2.25. The Balaban J connectivity index is 2.28. The summed E-state index contributed by atoms with van der Waals surface area (Å²) in [5.74, 6) is 0. The fourth-order valence-electron chi connectivity index (χ4n) is 1.39. The topological polar surface area (TPSA) is 66.5 Å². The van der Waals surface area contributed by atoms with Crippen LogP contribution in [-0.4, -0.2) is 22.6 Å². The van der Waals surface area contributed by atoms with Crippen LogP contribution >= 0.6 is 11.8 Å². The molecular formula is C11H12N4S. The Morgan fingerprint density at radius 2 is 2.25 bits per heavy atom. The standard InChI is InChI=1S/C11H12N4S/c1-16-11(12)15-14-7-8-6-13-10-5-3-2-4-9(8)10/h2-7,13H,1H3,(H2,12,15)/b14-7-. The van der Waals surface area contributed by atoms with Crippen LogP contribution in [0.4, 0.5) is 0 Å². The number of rotatable bonds is 2. The average Bonchev–Trinajstić information content (AvgIpc) is 2.73. The smallest absolute Gasteiger partial charge is 0.180 e. The largest absolute Gasteiger partial charge is 0.377 e. The van der Waals surface area contributed by atoms with Gasteiger partial charge < -0.3 is 10.7 Å².